The Balaban J connectivity index is 0.00000324. The fraction of sp³-hybridized carbons (Fsp3) is 0.750. The third kappa shape index (κ3) is 6.21. The fourth-order valence-corrected chi connectivity index (χ4v) is 3.69. The predicted molar refractivity (Wildman–Crippen MR) is 70.7 cm³/mol. The highest BCUT2D eigenvalue weighted by molar-refractivity contribution is 7.53. The van der Waals surface area contributed by atoms with Gasteiger partial charge in [-0.25, -0.2) is 4.57 Å². The minimum Gasteiger partial charge on any atom is -1.00 e. The maximum absolute atomic E-state index is 12.3. The van der Waals surface area contributed by atoms with Gasteiger partial charge in [-0.15, -0.1) is 0 Å². The average molecular weight is 355 g/mol. The predicted octanol–water partition coefficient (Wildman–Crippen LogP) is -0.0865. The Morgan fingerprint density at radius 3 is 2.32 bits per heavy atom. The molecule has 1 heterocycles. The number of imidazole rings is 1. The number of hydrogen-bond donors (Lipinski definition) is 1. The molecule has 1 N–H and O–H groups in total. The summed E-state index contributed by atoms with van der Waals surface area (Å²) in [6.45, 7) is 6.64. The van der Waals surface area contributed by atoms with E-state index in [1.807, 2.05) is 32.6 Å². The van der Waals surface area contributed by atoms with E-state index in [0.29, 0.717) is 25.4 Å². The second-order valence-corrected chi connectivity index (χ2v) is 6.26. The van der Waals surface area contributed by atoms with Crippen LogP contribution in [0.25, 0.3) is 0 Å². The number of H-pyrrole nitrogens is 1. The third-order valence-electron chi connectivity index (χ3n) is 2.85. The zero-order chi connectivity index (χ0) is 13.4. The first-order valence-corrected chi connectivity index (χ1v) is 8.29. The van der Waals surface area contributed by atoms with Crippen molar-refractivity contribution in [2.45, 2.75) is 39.7 Å². The van der Waals surface area contributed by atoms with Crippen LogP contribution in [-0.4, -0.2) is 24.4 Å². The van der Waals surface area contributed by atoms with Crippen LogP contribution >= 0.6 is 7.60 Å². The third-order valence-corrected chi connectivity index (χ3v) is 4.96. The van der Waals surface area contributed by atoms with Crippen LogP contribution in [0.2, 0.25) is 0 Å². The summed E-state index contributed by atoms with van der Waals surface area (Å²) in [6, 6.07) is 0.325. The molecule has 0 radical (unpaired) electrons. The second-order valence-electron chi connectivity index (χ2n) is 4.08. The Kier molecular flexibility index (Phi) is 9.62. The lowest BCUT2D eigenvalue weighted by Gasteiger charge is -2.19. The molecule has 0 spiro atoms. The van der Waals surface area contributed by atoms with Crippen molar-refractivity contribution in [1.29, 1.82) is 0 Å². The van der Waals surface area contributed by atoms with E-state index in [4.69, 9.17) is 9.05 Å². The normalized spacial score (nSPS) is 13.0. The number of hydrogen-bond acceptors (Lipinski definition) is 3. The molecule has 1 aromatic heterocycles. The van der Waals surface area contributed by atoms with Gasteiger partial charge >= 0.3 is 7.60 Å². The molecular formula is C12H24BrN2O3P. The standard InChI is InChI=1S/C12H23N2O3P.BrH/c1-4-12(14-9-8-13-11-14)7-10-18(15,16-5-2)17-6-3;/h8-9,11-12H,4-7,10H2,1-3H3;1H. The lowest BCUT2D eigenvalue weighted by molar-refractivity contribution is -0.722. The van der Waals surface area contributed by atoms with Crippen LogP contribution in [0.1, 0.15) is 39.7 Å². The number of aromatic nitrogens is 2. The molecule has 1 rings (SSSR count). The maximum atomic E-state index is 12.3. The van der Waals surface area contributed by atoms with Crippen LogP contribution in [-0.2, 0) is 13.6 Å². The number of aromatic amines is 1. The Bertz CT molecular complexity index is 363. The van der Waals surface area contributed by atoms with Crippen molar-refractivity contribution in [3.05, 3.63) is 18.7 Å². The van der Waals surface area contributed by atoms with Gasteiger partial charge in [0.25, 0.3) is 0 Å². The summed E-state index contributed by atoms with van der Waals surface area (Å²) in [6.07, 6.45) is 8.02. The van der Waals surface area contributed by atoms with Gasteiger partial charge in [-0.2, -0.15) is 0 Å². The van der Waals surface area contributed by atoms with Crippen molar-refractivity contribution in [2.24, 2.45) is 0 Å². The summed E-state index contributed by atoms with van der Waals surface area (Å²) in [4.78, 5) is 3.02. The summed E-state index contributed by atoms with van der Waals surface area (Å²) in [5.74, 6) is 0. The van der Waals surface area contributed by atoms with Gasteiger partial charge in [0, 0.05) is 0 Å². The molecule has 1 unspecified atom stereocenters. The first-order valence-electron chi connectivity index (χ1n) is 6.56. The molecule has 0 amide bonds. The summed E-state index contributed by atoms with van der Waals surface area (Å²) in [5.41, 5.74) is 0. The molecule has 7 heteroatoms. The monoisotopic (exact) mass is 354 g/mol. The van der Waals surface area contributed by atoms with Crippen LogP contribution in [0.3, 0.4) is 0 Å². The molecule has 0 bridgehead atoms. The summed E-state index contributed by atoms with van der Waals surface area (Å²) in [7, 11) is -2.91. The Hall–Kier alpha value is -0.160. The van der Waals surface area contributed by atoms with Crippen molar-refractivity contribution < 1.29 is 35.2 Å². The lowest BCUT2D eigenvalue weighted by Crippen LogP contribution is -3.00. The van der Waals surface area contributed by atoms with E-state index in [-0.39, 0.29) is 17.0 Å². The maximum Gasteiger partial charge on any atom is 0.330 e. The zero-order valence-electron chi connectivity index (χ0n) is 11.8. The van der Waals surface area contributed by atoms with Crippen LogP contribution in [0, 0.1) is 0 Å². The van der Waals surface area contributed by atoms with Crippen molar-refractivity contribution in [3.63, 3.8) is 0 Å². The first kappa shape index (κ1) is 18.8. The molecule has 1 atom stereocenters. The van der Waals surface area contributed by atoms with E-state index < -0.39 is 7.60 Å². The quantitative estimate of drug-likeness (QED) is 0.498. The van der Waals surface area contributed by atoms with Gasteiger partial charge in [0.05, 0.1) is 19.4 Å². The van der Waals surface area contributed by atoms with E-state index in [1.165, 1.54) is 0 Å². The van der Waals surface area contributed by atoms with Gasteiger partial charge in [0.15, 0.2) is 0 Å². The zero-order valence-corrected chi connectivity index (χ0v) is 14.3. The van der Waals surface area contributed by atoms with Gasteiger partial charge in [-0.3, -0.25) is 9.55 Å². The van der Waals surface area contributed by atoms with Gasteiger partial charge in [0.2, 0.25) is 6.33 Å². The Morgan fingerprint density at radius 1 is 1.26 bits per heavy atom. The van der Waals surface area contributed by atoms with E-state index in [9.17, 15) is 4.57 Å². The van der Waals surface area contributed by atoms with Crippen molar-refractivity contribution >= 4 is 7.60 Å². The van der Waals surface area contributed by atoms with Crippen LogP contribution in [0.5, 0.6) is 0 Å². The van der Waals surface area contributed by atoms with E-state index in [2.05, 4.69) is 16.5 Å². The summed E-state index contributed by atoms with van der Waals surface area (Å²) >= 11 is 0. The SMILES string of the molecule is CCOP(=O)(CCC(CC)[n+]1cc[nH]c1)OCC.[Br-]. The molecule has 0 aliphatic rings. The molecule has 0 aromatic carbocycles. The molecule has 5 nitrogen and oxygen atoms in total. The van der Waals surface area contributed by atoms with E-state index >= 15 is 0 Å². The minimum atomic E-state index is -2.91. The highest BCUT2D eigenvalue weighted by atomic mass is 79.9. The number of nitrogens with zero attached hydrogens (tertiary/aromatic N) is 1. The van der Waals surface area contributed by atoms with Crippen molar-refractivity contribution in [3.8, 4) is 0 Å². The molecule has 19 heavy (non-hydrogen) atoms. The Labute approximate surface area is 126 Å². The molecule has 0 saturated heterocycles. The second kappa shape index (κ2) is 9.70. The van der Waals surface area contributed by atoms with Crippen LogP contribution < -0.4 is 21.5 Å². The van der Waals surface area contributed by atoms with Crippen molar-refractivity contribution in [2.75, 3.05) is 19.4 Å². The summed E-state index contributed by atoms with van der Waals surface area (Å²) < 4.78 is 25.0. The average Bonchev–Trinajstić information content (AvgIpc) is 2.84. The molecule has 0 saturated carbocycles. The highest BCUT2D eigenvalue weighted by Gasteiger charge is 2.26. The smallest absolute Gasteiger partial charge is 0.330 e. The van der Waals surface area contributed by atoms with Gasteiger partial charge in [-0.05, 0) is 26.7 Å². The van der Waals surface area contributed by atoms with Crippen molar-refractivity contribution in [1.82, 2.24) is 4.98 Å². The molecule has 0 aliphatic heterocycles. The van der Waals surface area contributed by atoms with Gasteiger partial charge in [0.1, 0.15) is 18.4 Å². The van der Waals surface area contributed by atoms with E-state index in [0.717, 1.165) is 12.8 Å². The largest absolute Gasteiger partial charge is 1.00 e. The molecule has 0 fully saturated rings. The highest BCUT2D eigenvalue weighted by Crippen LogP contribution is 2.49. The van der Waals surface area contributed by atoms with Gasteiger partial charge in [-0.1, -0.05) is 6.92 Å². The molecule has 112 valence electrons. The lowest BCUT2D eigenvalue weighted by atomic mass is 10.2. The number of nitrogens with one attached hydrogen (secondary N) is 1. The van der Waals surface area contributed by atoms with Crippen LogP contribution in [0.4, 0.5) is 0 Å². The first-order chi connectivity index (χ1) is 8.65. The fourth-order valence-electron chi connectivity index (χ4n) is 1.96. The molecular weight excluding hydrogens is 331 g/mol. The molecule has 1 aromatic rings. The molecule has 0 aliphatic carbocycles. The summed E-state index contributed by atoms with van der Waals surface area (Å²) in [5, 5.41) is 0. The number of rotatable bonds is 9. The van der Waals surface area contributed by atoms with Crippen LogP contribution in [0.15, 0.2) is 18.7 Å². The number of halogens is 1. The minimum absolute atomic E-state index is 0. The van der Waals surface area contributed by atoms with E-state index in [1.54, 1.807) is 0 Å². The van der Waals surface area contributed by atoms with Gasteiger partial charge < -0.3 is 26.0 Å². The Morgan fingerprint density at radius 2 is 1.89 bits per heavy atom. The topological polar surface area (TPSA) is 55.2 Å².